The van der Waals surface area contributed by atoms with Crippen LogP contribution in [-0.4, -0.2) is 21.8 Å². The molecule has 0 saturated carbocycles. The van der Waals surface area contributed by atoms with Crippen LogP contribution in [0.4, 0.5) is 5.69 Å². The van der Waals surface area contributed by atoms with Crippen LogP contribution in [0.2, 0.25) is 0 Å². The van der Waals surface area contributed by atoms with Crippen molar-refractivity contribution in [3.63, 3.8) is 0 Å². The van der Waals surface area contributed by atoms with E-state index in [0.29, 0.717) is 28.1 Å². The van der Waals surface area contributed by atoms with E-state index >= 15 is 0 Å². The Morgan fingerprint density at radius 1 is 1.27 bits per heavy atom. The minimum absolute atomic E-state index is 0.0119. The molecule has 1 N–H and O–H groups in total. The minimum Gasteiger partial charge on any atom is -0.491 e. The molecule has 0 fully saturated rings. The normalized spacial score (nSPS) is 11.2. The summed E-state index contributed by atoms with van der Waals surface area (Å²) in [4.78, 5) is 24.7. The average molecular weight is 355 g/mol. The summed E-state index contributed by atoms with van der Waals surface area (Å²) in [7, 11) is 1.81. The highest BCUT2D eigenvalue weighted by atomic mass is 16.5. The minimum atomic E-state index is -0.594. The molecule has 0 aliphatic carbocycles. The van der Waals surface area contributed by atoms with E-state index in [-0.39, 0.29) is 17.6 Å². The van der Waals surface area contributed by atoms with Gasteiger partial charge in [-0.15, -0.1) is 0 Å². The fraction of sp³-hybridized carbons (Fsp3) is 0.316. The van der Waals surface area contributed by atoms with Crippen molar-refractivity contribution in [3.05, 3.63) is 51.6 Å². The number of amides is 1. The molecule has 0 saturated heterocycles. The molecule has 1 aromatic carbocycles. The van der Waals surface area contributed by atoms with Crippen molar-refractivity contribution >= 4 is 22.6 Å². The summed E-state index contributed by atoms with van der Waals surface area (Å²) in [5.74, 6) is 0.187. The van der Waals surface area contributed by atoms with E-state index in [1.165, 1.54) is 6.07 Å². The molecule has 0 spiro atoms. The Hall–Kier alpha value is -3.09. The lowest BCUT2D eigenvalue weighted by Gasteiger charge is -2.11. The zero-order valence-corrected chi connectivity index (χ0v) is 15.4. The second-order valence-electron chi connectivity index (χ2n) is 6.43. The molecule has 7 heteroatoms. The first-order chi connectivity index (χ1) is 12.3. The number of anilines is 1. The van der Waals surface area contributed by atoms with Gasteiger partial charge in [0.25, 0.3) is 5.91 Å². The van der Waals surface area contributed by atoms with Gasteiger partial charge in [0.1, 0.15) is 11.3 Å². The Balaban J connectivity index is 2.03. The molecule has 0 atom stereocenters. The first kappa shape index (κ1) is 17.7. The van der Waals surface area contributed by atoms with Gasteiger partial charge in [0.15, 0.2) is 0 Å². The lowest BCUT2D eigenvalue weighted by Crippen LogP contribution is -2.16. The molecule has 3 aromatic rings. The average Bonchev–Trinajstić information content (AvgIpc) is 2.79. The molecule has 0 aliphatic heterocycles. The zero-order chi connectivity index (χ0) is 19.0. The molecule has 1 amide bonds. The molecule has 0 aliphatic rings. The van der Waals surface area contributed by atoms with Crippen LogP contribution in [-0.2, 0) is 7.05 Å². The number of benzene rings is 1. The maximum atomic E-state index is 12.8. The van der Waals surface area contributed by atoms with E-state index in [9.17, 15) is 9.59 Å². The van der Waals surface area contributed by atoms with Gasteiger partial charge in [0.05, 0.1) is 28.7 Å². The summed E-state index contributed by atoms with van der Waals surface area (Å²) in [5, 5.41) is 7.67. The number of carbonyl (C=O) groups is 1. The van der Waals surface area contributed by atoms with E-state index in [0.717, 1.165) is 5.69 Å². The smallest absolute Gasteiger partial charge is 0.337 e. The van der Waals surface area contributed by atoms with Crippen LogP contribution < -0.4 is 15.7 Å². The maximum absolute atomic E-state index is 12.8. The van der Waals surface area contributed by atoms with Gasteiger partial charge in [0, 0.05) is 24.6 Å². The van der Waals surface area contributed by atoms with Crippen molar-refractivity contribution in [1.29, 1.82) is 0 Å². The molecule has 0 unspecified atom stereocenters. The number of hydrogen-bond donors (Lipinski definition) is 1. The van der Waals surface area contributed by atoms with Crippen molar-refractivity contribution in [1.82, 2.24) is 9.78 Å². The van der Waals surface area contributed by atoms with Gasteiger partial charge in [-0.05, 0) is 39.8 Å². The van der Waals surface area contributed by atoms with Crippen molar-refractivity contribution in [3.8, 4) is 5.75 Å². The van der Waals surface area contributed by atoms with E-state index in [1.54, 1.807) is 29.9 Å². The molecule has 0 bridgehead atoms. The summed E-state index contributed by atoms with van der Waals surface area (Å²) in [6, 6.07) is 6.28. The van der Waals surface area contributed by atoms with Gasteiger partial charge in [-0.25, -0.2) is 4.79 Å². The second-order valence-corrected chi connectivity index (χ2v) is 6.43. The largest absolute Gasteiger partial charge is 0.491 e. The lowest BCUT2D eigenvalue weighted by atomic mass is 10.1. The molecule has 26 heavy (non-hydrogen) atoms. The van der Waals surface area contributed by atoms with Gasteiger partial charge in [-0.1, -0.05) is 0 Å². The van der Waals surface area contributed by atoms with Crippen molar-refractivity contribution < 1.29 is 13.9 Å². The number of aryl methyl sites for hydroxylation is 2. The SMILES string of the molecule is Cc1nn(C)c(C)c1NC(=O)c1cc(=O)oc2cc(OC(C)C)ccc12. The predicted octanol–water partition coefficient (Wildman–Crippen LogP) is 3.18. The van der Waals surface area contributed by atoms with Gasteiger partial charge in [-0.3, -0.25) is 9.48 Å². The molecule has 136 valence electrons. The molecular weight excluding hydrogens is 334 g/mol. The quantitative estimate of drug-likeness (QED) is 0.727. The standard InChI is InChI=1S/C19H21N3O4/c1-10(2)25-13-6-7-14-15(9-17(23)26-16(14)8-13)19(24)20-18-11(3)21-22(5)12(18)4/h6-10H,1-5H3,(H,20,24). The summed E-state index contributed by atoms with van der Waals surface area (Å²) in [6.07, 6.45) is -0.0119. The van der Waals surface area contributed by atoms with Gasteiger partial charge >= 0.3 is 5.63 Å². The Bertz CT molecular complexity index is 1050. The van der Waals surface area contributed by atoms with Gasteiger partial charge < -0.3 is 14.5 Å². The van der Waals surface area contributed by atoms with Crippen LogP contribution in [0.1, 0.15) is 35.6 Å². The first-order valence-electron chi connectivity index (χ1n) is 8.32. The fourth-order valence-corrected chi connectivity index (χ4v) is 2.81. The Morgan fingerprint density at radius 2 is 2.00 bits per heavy atom. The van der Waals surface area contributed by atoms with E-state index in [4.69, 9.17) is 9.15 Å². The predicted molar refractivity (Wildman–Crippen MR) is 98.9 cm³/mol. The van der Waals surface area contributed by atoms with Crippen molar-refractivity contribution in [2.45, 2.75) is 33.8 Å². The topological polar surface area (TPSA) is 86.4 Å². The highest BCUT2D eigenvalue weighted by molar-refractivity contribution is 6.12. The number of fused-ring (bicyclic) bond motifs is 1. The number of aromatic nitrogens is 2. The van der Waals surface area contributed by atoms with Crippen LogP contribution >= 0.6 is 0 Å². The van der Waals surface area contributed by atoms with Gasteiger partial charge in [0.2, 0.25) is 0 Å². The van der Waals surface area contributed by atoms with Crippen LogP contribution in [0.5, 0.6) is 5.75 Å². The highest BCUT2D eigenvalue weighted by Gasteiger charge is 2.18. The van der Waals surface area contributed by atoms with Crippen LogP contribution in [0, 0.1) is 13.8 Å². The molecule has 7 nitrogen and oxygen atoms in total. The number of rotatable bonds is 4. The Labute approximate surface area is 150 Å². The molecule has 2 heterocycles. The Morgan fingerprint density at radius 3 is 2.62 bits per heavy atom. The number of nitrogens with one attached hydrogen (secondary N) is 1. The number of carbonyl (C=O) groups excluding carboxylic acids is 1. The summed E-state index contributed by atoms with van der Waals surface area (Å²) in [5.41, 5.74) is 2.13. The summed E-state index contributed by atoms with van der Waals surface area (Å²) >= 11 is 0. The van der Waals surface area contributed by atoms with Crippen LogP contribution in [0.25, 0.3) is 11.0 Å². The maximum Gasteiger partial charge on any atom is 0.337 e. The molecule has 2 aromatic heterocycles. The second kappa shape index (κ2) is 6.67. The van der Waals surface area contributed by atoms with Crippen LogP contribution in [0.15, 0.2) is 33.5 Å². The first-order valence-corrected chi connectivity index (χ1v) is 8.32. The van der Waals surface area contributed by atoms with E-state index in [2.05, 4.69) is 10.4 Å². The number of ether oxygens (including phenoxy) is 1. The van der Waals surface area contributed by atoms with Crippen molar-refractivity contribution in [2.75, 3.05) is 5.32 Å². The number of nitrogens with zero attached hydrogens (tertiary/aromatic N) is 2. The van der Waals surface area contributed by atoms with Crippen molar-refractivity contribution in [2.24, 2.45) is 7.05 Å². The molecule has 3 rings (SSSR count). The van der Waals surface area contributed by atoms with E-state index < -0.39 is 5.63 Å². The monoisotopic (exact) mass is 355 g/mol. The summed E-state index contributed by atoms with van der Waals surface area (Å²) in [6.45, 7) is 7.49. The highest BCUT2D eigenvalue weighted by Crippen LogP contribution is 2.25. The van der Waals surface area contributed by atoms with Gasteiger partial charge in [-0.2, -0.15) is 5.10 Å². The lowest BCUT2D eigenvalue weighted by molar-refractivity contribution is 0.102. The summed E-state index contributed by atoms with van der Waals surface area (Å²) < 4.78 is 12.6. The zero-order valence-electron chi connectivity index (χ0n) is 15.4. The van der Waals surface area contributed by atoms with Crippen LogP contribution in [0.3, 0.4) is 0 Å². The molecular formula is C19H21N3O4. The number of hydrogen-bond acceptors (Lipinski definition) is 5. The molecule has 0 radical (unpaired) electrons. The van der Waals surface area contributed by atoms with E-state index in [1.807, 2.05) is 27.7 Å². The fourth-order valence-electron chi connectivity index (χ4n) is 2.81. The Kier molecular flexibility index (Phi) is 4.54. The third kappa shape index (κ3) is 3.33. The third-order valence-electron chi connectivity index (χ3n) is 4.08. The third-order valence-corrected chi connectivity index (χ3v) is 4.08.